The minimum absolute atomic E-state index is 0.154. The van der Waals surface area contributed by atoms with Crippen molar-refractivity contribution in [3.05, 3.63) is 23.8 Å². The van der Waals surface area contributed by atoms with E-state index in [9.17, 15) is 18.0 Å². The Labute approximate surface area is 88.4 Å². The van der Waals surface area contributed by atoms with Crippen LogP contribution in [0.15, 0.2) is 23.1 Å². The topological polar surface area (TPSA) is 26.3 Å². The SMILES string of the molecule is CSc1cc(C=O)cc(OC(F)(F)F)c1. The predicted molar refractivity (Wildman–Crippen MR) is 50.3 cm³/mol. The van der Waals surface area contributed by atoms with Crippen LogP contribution in [0.25, 0.3) is 0 Å². The van der Waals surface area contributed by atoms with Crippen LogP contribution in [0.2, 0.25) is 0 Å². The van der Waals surface area contributed by atoms with Crippen molar-refractivity contribution in [1.82, 2.24) is 0 Å². The molecule has 0 aliphatic carbocycles. The maximum atomic E-state index is 11.9. The molecule has 0 unspecified atom stereocenters. The fourth-order valence-corrected chi connectivity index (χ4v) is 1.46. The Morgan fingerprint density at radius 1 is 1.33 bits per heavy atom. The molecule has 82 valence electrons. The van der Waals surface area contributed by atoms with Crippen LogP contribution in [-0.4, -0.2) is 18.9 Å². The number of benzene rings is 1. The second kappa shape index (κ2) is 4.57. The molecule has 15 heavy (non-hydrogen) atoms. The van der Waals surface area contributed by atoms with Crippen molar-refractivity contribution in [2.45, 2.75) is 11.3 Å². The van der Waals surface area contributed by atoms with E-state index in [0.717, 1.165) is 6.07 Å². The molecule has 0 aliphatic heterocycles. The predicted octanol–water partition coefficient (Wildman–Crippen LogP) is 3.12. The van der Waals surface area contributed by atoms with Gasteiger partial charge < -0.3 is 4.74 Å². The molecular weight excluding hydrogens is 229 g/mol. The Hall–Kier alpha value is -1.17. The number of halogens is 3. The molecule has 1 aromatic rings. The van der Waals surface area contributed by atoms with Gasteiger partial charge in [0.05, 0.1) is 0 Å². The van der Waals surface area contributed by atoms with E-state index in [0.29, 0.717) is 11.2 Å². The second-order valence-electron chi connectivity index (χ2n) is 2.61. The third-order valence-electron chi connectivity index (χ3n) is 1.51. The third kappa shape index (κ3) is 3.83. The van der Waals surface area contributed by atoms with Crippen LogP contribution >= 0.6 is 11.8 Å². The lowest BCUT2D eigenvalue weighted by molar-refractivity contribution is -0.274. The molecule has 0 spiro atoms. The molecule has 6 heteroatoms. The lowest BCUT2D eigenvalue weighted by Gasteiger charge is -2.10. The highest BCUT2D eigenvalue weighted by Gasteiger charge is 2.31. The fraction of sp³-hybridized carbons (Fsp3) is 0.222. The molecule has 0 fully saturated rings. The van der Waals surface area contributed by atoms with Gasteiger partial charge in [-0.05, 0) is 24.5 Å². The molecule has 0 radical (unpaired) electrons. The largest absolute Gasteiger partial charge is 0.573 e. The van der Waals surface area contributed by atoms with Gasteiger partial charge >= 0.3 is 6.36 Å². The first-order valence-corrected chi connectivity index (χ1v) is 5.07. The van der Waals surface area contributed by atoms with Crippen molar-refractivity contribution in [2.75, 3.05) is 6.26 Å². The van der Waals surface area contributed by atoms with Crippen molar-refractivity contribution in [3.8, 4) is 5.75 Å². The van der Waals surface area contributed by atoms with E-state index in [1.165, 1.54) is 23.9 Å². The highest BCUT2D eigenvalue weighted by atomic mass is 32.2. The molecule has 0 bridgehead atoms. The Balaban J connectivity index is 3.02. The monoisotopic (exact) mass is 236 g/mol. The van der Waals surface area contributed by atoms with E-state index in [1.54, 1.807) is 6.26 Å². The van der Waals surface area contributed by atoms with Crippen molar-refractivity contribution >= 4 is 18.0 Å². The minimum atomic E-state index is -4.74. The summed E-state index contributed by atoms with van der Waals surface area (Å²) in [5.74, 6) is -0.378. The van der Waals surface area contributed by atoms with Crippen LogP contribution in [-0.2, 0) is 0 Å². The summed E-state index contributed by atoms with van der Waals surface area (Å²) >= 11 is 1.23. The summed E-state index contributed by atoms with van der Waals surface area (Å²) in [4.78, 5) is 11.0. The summed E-state index contributed by atoms with van der Waals surface area (Å²) in [6, 6.07) is 3.76. The molecule has 0 N–H and O–H groups in total. The molecule has 0 heterocycles. The van der Waals surface area contributed by atoms with Crippen LogP contribution in [0.1, 0.15) is 10.4 Å². The summed E-state index contributed by atoms with van der Waals surface area (Å²) < 4.78 is 39.4. The molecule has 0 aromatic heterocycles. The van der Waals surface area contributed by atoms with Crippen LogP contribution in [0.4, 0.5) is 13.2 Å². The summed E-state index contributed by atoms with van der Waals surface area (Å²) in [7, 11) is 0. The Bertz CT molecular complexity index is 363. The number of thioether (sulfide) groups is 1. The van der Waals surface area contributed by atoms with E-state index in [4.69, 9.17) is 0 Å². The average Bonchev–Trinajstić information content (AvgIpc) is 2.14. The van der Waals surface area contributed by atoms with Crippen molar-refractivity contribution < 1.29 is 22.7 Å². The molecule has 1 aromatic carbocycles. The number of hydrogen-bond donors (Lipinski definition) is 0. The normalized spacial score (nSPS) is 11.2. The molecule has 1 rings (SSSR count). The highest BCUT2D eigenvalue weighted by Crippen LogP contribution is 2.27. The molecule has 0 amide bonds. The maximum Gasteiger partial charge on any atom is 0.573 e. The first kappa shape index (κ1) is 11.9. The highest BCUT2D eigenvalue weighted by molar-refractivity contribution is 7.98. The van der Waals surface area contributed by atoms with Gasteiger partial charge in [0, 0.05) is 10.5 Å². The number of alkyl halides is 3. The third-order valence-corrected chi connectivity index (χ3v) is 2.21. The van der Waals surface area contributed by atoms with Gasteiger partial charge in [-0.3, -0.25) is 4.79 Å². The zero-order chi connectivity index (χ0) is 11.5. The zero-order valence-electron chi connectivity index (χ0n) is 7.67. The van der Waals surface area contributed by atoms with Crippen LogP contribution < -0.4 is 4.74 Å². The average molecular weight is 236 g/mol. The molecule has 2 nitrogen and oxygen atoms in total. The molecule has 0 aliphatic rings. The number of ether oxygens (including phenoxy) is 1. The van der Waals surface area contributed by atoms with Crippen LogP contribution in [0.5, 0.6) is 5.75 Å². The molecule has 0 saturated heterocycles. The zero-order valence-corrected chi connectivity index (χ0v) is 8.48. The molecule has 0 atom stereocenters. The first-order chi connectivity index (χ1) is 6.94. The minimum Gasteiger partial charge on any atom is -0.406 e. The number of aldehydes is 1. The number of carbonyl (C=O) groups excluding carboxylic acids is 1. The summed E-state index contributed by atoms with van der Waals surface area (Å²) in [6.45, 7) is 0. The van der Waals surface area contributed by atoms with E-state index < -0.39 is 6.36 Å². The summed E-state index contributed by atoms with van der Waals surface area (Å²) in [5, 5.41) is 0. The lowest BCUT2D eigenvalue weighted by Crippen LogP contribution is -2.17. The van der Waals surface area contributed by atoms with Gasteiger partial charge in [0.25, 0.3) is 0 Å². The van der Waals surface area contributed by atoms with Crippen molar-refractivity contribution in [3.63, 3.8) is 0 Å². The van der Waals surface area contributed by atoms with Gasteiger partial charge in [0.1, 0.15) is 12.0 Å². The summed E-state index contributed by atoms with van der Waals surface area (Å²) in [5.41, 5.74) is 0.154. The standard InChI is InChI=1S/C9H7F3O2S/c1-15-8-3-6(5-13)2-7(4-8)14-9(10,11)12/h2-5H,1H3. The fourth-order valence-electron chi connectivity index (χ4n) is 0.972. The van der Waals surface area contributed by atoms with Gasteiger partial charge in [-0.1, -0.05) is 0 Å². The number of carbonyl (C=O) groups is 1. The Morgan fingerprint density at radius 3 is 2.47 bits per heavy atom. The summed E-state index contributed by atoms with van der Waals surface area (Å²) in [6.07, 6.45) is -2.57. The lowest BCUT2D eigenvalue weighted by atomic mass is 10.2. The quantitative estimate of drug-likeness (QED) is 0.595. The van der Waals surface area contributed by atoms with Crippen LogP contribution in [0, 0.1) is 0 Å². The number of rotatable bonds is 3. The first-order valence-electron chi connectivity index (χ1n) is 3.84. The van der Waals surface area contributed by atoms with Gasteiger partial charge in [0.2, 0.25) is 0 Å². The smallest absolute Gasteiger partial charge is 0.406 e. The van der Waals surface area contributed by atoms with Crippen molar-refractivity contribution in [2.24, 2.45) is 0 Å². The Morgan fingerprint density at radius 2 is 2.00 bits per heavy atom. The Kier molecular flexibility index (Phi) is 3.62. The van der Waals surface area contributed by atoms with E-state index >= 15 is 0 Å². The van der Waals surface area contributed by atoms with Crippen molar-refractivity contribution in [1.29, 1.82) is 0 Å². The van der Waals surface area contributed by atoms with E-state index in [-0.39, 0.29) is 11.3 Å². The van der Waals surface area contributed by atoms with E-state index in [2.05, 4.69) is 4.74 Å². The maximum absolute atomic E-state index is 11.9. The van der Waals surface area contributed by atoms with Gasteiger partial charge in [-0.15, -0.1) is 24.9 Å². The molecule has 0 saturated carbocycles. The second-order valence-corrected chi connectivity index (χ2v) is 3.49. The number of hydrogen-bond acceptors (Lipinski definition) is 3. The van der Waals surface area contributed by atoms with E-state index in [1.807, 2.05) is 0 Å². The molecular formula is C9H7F3O2S. The van der Waals surface area contributed by atoms with Gasteiger partial charge in [0.15, 0.2) is 0 Å². The van der Waals surface area contributed by atoms with Gasteiger partial charge in [-0.2, -0.15) is 0 Å². The van der Waals surface area contributed by atoms with Gasteiger partial charge in [-0.25, -0.2) is 0 Å². The van der Waals surface area contributed by atoms with Crippen LogP contribution in [0.3, 0.4) is 0 Å².